The van der Waals surface area contributed by atoms with Crippen molar-refractivity contribution in [3.63, 3.8) is 0 Å². The van der Waals surface area contributed by atoms with Gasteiger partial charge in [0.15, 0.2) is 15.1 Å². The lowest BCUT2D eigenvalue weighted by atomic mass is 10.2. The summed E-state index contributed by atoms with van der Waals surface area (Å²) in [6.45, 7) is 4.72. The first-order valence-corrected chi connectivity index (χ1v) is 8.57. The number of benzene rings is 1. The van der Waals surface area contributed by atoms with Crippen molar-refractivity contribution < 1.29 is 17.9 Å². The van der Waals surface area contributed by atoms with Gasteiger partial charge in [-0.3, -0.25) is 4.79 Å². The number of carbonyl (C=O) groups is 1. The van der Waals surface area contributed by atoms with E-state index in [2.05, 4.69) is 0 Å². The molecule has 6 heteroatoms. The maximum absolute atomic E-state index is 12.2. The van der Waals surface area contributed by atoms with E-state index in [0.29, 0.717) is 11.4 Å². The van der Waals surface area contributed by atoms with Gasteiger partial charge < -0.3 is 4.74 Å². The fourth-order valence-corrected chi connectivity index (χ4v) is 2.99. The third-order valence-corrected chi connectivity index (χ3v) is 5.08. The van der Waals surface area contributed by atoms with E-state index < -0.39 is 21.1 Å². The molecule has 1 aromatic rings. The number of rotatable bonds is 6. The number of hydrogen-bond acceptors (Lipinski definition) is 4. The molecule has 0 aliphatic heterocycles. The second kappa shape index (κ2) is 7.09. The summed E-state index contributed by atoms with van der Waals surface area (Å²) in [4.78, 5) is 11.7. The Morgan fingerprint density at radius 2 is 1.65 bits per heavy atom. The zero-order chi connectivity index (χ0) is 15.3. The van der Waals surface area contributed by atoms with Crippen LogP contribution in [0.15, 0.2) is 24.3 Å². The smallest absolute Gasteiger partial charge is 0.324 e. The molecule has 0 fully saturated rings. The molecule has 0 bridgehead atoms. The zero-order valence-corrected chi connectivity index (χ0v) is 13.4. The Balaban J connectivity index is 2.80. The number of esters is 1. The molecule has 0 aromatic heterocycles. The van der Waals surface area contributed by atoms with Crippen molar-refractivity contribution in [1.29, 1.82) is 0 Å². The Labute approximate surface area is 125 Å². The molecule has 0 amide bonds. The SMILES string of the molecule is CC(C)OC(=O)C(C)S(=O)(=O)Cc1ccc(CCl)cc1. The lowest BCUT2D eigenvalue weighted by Gasteiger charge is -2.14. The summed E-state index contributed by atoms with van der Waals surface area (Å²) in [5.41, 5.74) is 1.54. The Kier molecular flexibility index (Phi) is 6.02. The topological polar surface area (TPSA) is 60.4 Å². The number of sulfone groups is 1. The Morgan fingerprint density at radius 3 is 2.10 bits per heavy atom. The molecule has 112 valence electrons. The number of hydrogen-bond donors (Lipinski definition) is 0. The van der Waals surface area contributed by atoms with Crippen molar-refractivity contribution in [2.24, 2.45) is 0 Å². The van der Waals surface area contributed by atoms with Gasteiger partial charge in [0.05, 0.1) is 11.9 Å². The van der Waals surface area contributed by atoms with E-state index >= 15 is 0 Å². The molecular formula is C14H19ClO4S. The number of halogens is 1. The molecule has 0 N–H and O–H groups in total. The lowest BCUT2D eigenvalue weighted by molar-refractivity contribution is -0.146. The van der Waals surface area contributed by atoms with Gasteiger partial charge in [0.2, 0.25) is 0 Å². The van der Waals surface area contributed by atoms with Crippen molar-refractivity contribution in [2.45, 2.75) is 43.8 Å². The molecule has 0 aliphatic carbocycles. The largest absolute Gasteiger partial charge is 0.462 e. The maximum atomic E-state index is 12.2. The molecular weight excluding hydrogens is 300 g/mol. The van der Waals surface area contributed by atoms with E-state index in [9.17, 15) is 13.2 Å². The van der Waals surface area contributed by atoms with Crippen LogP contribution >= 0.6 is 11.6 Å². The highest BCUT2D eigenvalue weighted by Crippen LogP contribution is 2.15. The number of ether oxygens (including phenoxy) is 1. The highest BCUT2D eigenvalue weighted by molar-refractivity contribution is 7.92. The lowest BCUT2D eigenvalue weighted by Crippen LogP contribution is -2.31. The monoisotopic (exact) mass is 318 g/mol. The van der Waals surface area contributed by atoms with Crippen LogP contribution in [-0.4, -0.2) is 25.7 Å². The predicted molar refractivity (Wildman–Crippen MR) is 79.3 cm³/mol. The fraction of sp³-hybridized carbons (Fsp3) is 0.500. The van der Waals surface area contributed by atoms with Crippen LogP contribution in [0.3, 0.4) is 0 Å². The summed E-state index contributed by atoms with van der Waals surface area (Å²) >= 11 is 5.67. The highest BCUT2D eigenvalue weighted by atomic mass is 35.5. The van der Waals surface area contributed by atoms with Crippen molar-refractivity contribution in [1.82, 2.24) is 0 Å². The highest BCUT2D eigenvalue weighted by Gasteiger charge is 2.30. The Bertz CT molecular complexity index is 549. The molecule has 20 heavy (non-hydrogen) atoms. The summed E-state index contributed by atoms with van der Waals surface area (Å²) in [6.07, 6.45) is -0.330. The summed E-state index contributed by atoms with van der Waals surface area (Å²) in [5.74, 6) is -0.522. The van der Waals surface area contributed by atoms with E-state index in [0.717, 1.165) is 5.56 Å². The van der Waals surface area contributed by atoms with Crippen molar-refractivity contribution in [2.75, 3.05) is 0 Å². The van der Waals surface area contributed by atoms with Crippen LogP contribution in [0, 0.1) is 0 Å². The van der Waals surface area contributed by atoms with E-state index in [1.807, 2.05) is 0 Å². The van der Waals surface area contributed by atoms with Gasteiger partial charge in [-0.15, -0.1) is 11.6 Å². The van der Waals surface area contributed by atoms with Crippen molar-refractivity contribution in [3.05, 3.63) is 35.4 Å². The third kappa shape index (κ3) is 4.80. The molecule has 0 saturated heterocycles. The minimum absolute atomic E-state index is 0.191. The van der Waals surface area contributed by atoms with Crippen LogP contribution in [-0.2, 0) is 31.0 Å². The third-order valence-electron chi connectivity index (χ3n) is 2.77. The molecule has 0 heterocycles. The summed E-state index contributed by atoms with van der Waals surface area (Å²) in [7, 11) is -3.59. The second-order valence-electron chi connectivity index (χ2n) is 4.89. The average Bonchev–Trinajstić information content (AvgIpc) is 2.37. The van der Waals surface area contributed by atoms with Crippen LogP contribution in [0.25, 0.3) is 0 Å². The first-order valence-electron chi connectivity index (χ1n) is 6.32. The van der Waals surface area contributed by atoms with Crippen LogP contribution in [0.2, 0.25) is 0 Å². The molecule has 0 spiro atoms. The van der Waals surface area contributed by atoms with Crippen LogP contribution < -0.4 is 0 Å². The van der Waals surface area contributed by atoms with E-state index in [-0.39, 0.29) is 11.9 Å². The maximum Gasteiger partial charge on any atom is 0.324 e. The van der Waals surface area contributed by atoms with Gasteiger partial charge in [0, 0.05) is 5.88 Å². The number of carbonyl (C=O) groups excluding carboxylic acids is 1. The minimum Gasteiger partial charge on any atom is -0.462 e. The van der Waals surface area contributed by atoms with Crippen molar-refractivity contribution in [3.8, 4) is 0 Å². The van der Waals surface area contributed by atoms with Gasteiger partial charge in [0.1, 0.15) is 0 Å². The van der Waals surface area contributed by atoms with Gasteiger partial charge in [-0.05, 0) is 31.9 Å². The summed E-state index contributed by atoms with van der Waals surface area (Å²) in [5, 5.41) is -1.17. The van der Waals surface area contributed by atoms with E-state index in [1.165, 1.54) is 6.92 Å². The number of alkyl halides is 1. The van der Waals surface area contributed by atoms with Gasteiger partial charge in [-0.25, -0.2) is 8.42 Å². The Hall–Kier alpha value is -1.07. The normalized spacial score (nSPS) is 13.2. The quantitative estimate of drug-likeness (QED) is 0.597. The first kappa shape index (κ1) is 17.0. The minimum atomic E-state index is -3.59. The van der Waals surface area contributed by atoms with Crippen LogP contribution in [0.5, 0.6) is 0 Å². The van der Waals surface area contributed by atoms with E-state index in [1.54, 1.807) is 38.1 Å². The molecule has 1 atom stereocenters. The van der Waals surface area contributed by atoms with Crippen LogP contribution in [0.4, 0.5) is 0 Å². The molecule has 0 saturated carbocycles. The van der Waals surface area contributed by atoms with Crippen LogP contribution in [0.1, 0.15) is 31.9 Å². The van der Waals surface area contributed by atoms with Crippen molar-refractivity contribution >= 4 is 27.4 Å². The summed E-state index contributed by atoms with van der Waals surface area (Å²) < 4.78 is 29.2. The molecule has 1 unspecified atom stereocenters. The van der Waals surface area contributed by atoms with Gasteiger partial charge >= 0.3 is 5.97 Å². The van der Waals surface area contributed by atoms with Gasteiger partial charge in [-0.1, -0.05) is 24.3 Å². The molecule has 1 rings (SSSR count). The molecule has 0 aliphatic rings. The Morgan fingerprint density at radius 1 is 1.15 bits per heavy atom. The zero-order valence-electron chi connectivity index (χ0n) is 11.8. The summed E-state index contributed by atoms with van der Waals surface area (Å²) in [6, 6.07) is 6.95. The second-order valence-corrected chi connectivity index (χ2v) is 7.47. The average molecular weight is 319 g/mol. The van der Waals surface area contributed by atoms with E-state index in [4.69, 9.17) is 16.3 Å². The standard InChI is InChI=1S/C14H19ClO4S/c1-10(2)19-14(16)11(3)20(17,18)9-13-6-4-12(8-15)5-7-13/h4-7,10-11H,8-9H2,1-3H3. The molecule has 1 aromatic carbocycles. The molecule has 4 nitrogen and oxygen atoms in total. The fourth-order valence-electron chi connectivity index (χ4n) is 1.56. The van der Waals surface area contributed by atoms with Gasteiger partial charge in [0.25, 0.3) is 0 Å². The first-order chi connectivity index (χ1) is 9.26. The molecule has 0 radical (unpaired) electrons. The predicted octanol–water partition coefficient (Wildman–Crippen LogP) is 2.68. The van der Waals surface area contributed by atoms with Gasteiger partial charge in [-0.2, -0.15) is 0 Å².